The van der Waals surface area contributed by atoms with E-state index in [2.05, 4.69) is 44.2 Å². The topological polar surface area (TPSA) is 18.5 Å². The number of hydrogen-bond acceptors (Lipinski definition) is 2. The number of rotatable bonds is 6. The Morgan fingerprint density at radius 1 is 1.25 bits per heavy atom. The van der Waals surface area contributed by atoms with E-state index in [1.165, 1.54) is 30.4 Å². The van der Waals surface area contributed by atoms with E-state index in [-0.39, 0.29) is 6.29 Å². The van der Waals surface area contributed by atoms with Gasteiger partial charge in [0.05, 0.1) is 12.7 Å². The molecule has 0 aromatic heterocycles. The summed E-state index contributed by atoms with van der Waals surface area (Å²) in [6, 6.07) is 10.4. The van der Waals surface area contributed by atoms with Crippen molar-refractivity contribution < 1.29 is 9.47 Å². The first kappa shape index (κ1) is 15.3. The molecule has 1 fully saturated rings. The lowest BCUT2D eigenvalue weighted by Crippen LogP contribution is -2.31. The van der Waals surface area contributed by atoms with Gasteiger partial charge in [-0.3, -0.25) is 0 Å². The quantitative estimate of drug-likeness (QED) is 0.694. The lowest BCUT2D eigenvalue weighted by Gasteiger charge is -2.30. The van der Waals surface area contributed by atoms with Crippen LogP contribution in [0.15, 0.2) is 35.9 Å². The molecule has 0 unspecified atom stereocenters. The molecule has 2 atom stereocenters. The highest BCUT2D eigenvalue weighted by atomic mass is 16.7. The summed E-state index contributed by atoms with van der Waals surface area (Å²) in [5.74, 6) is 0. The fourth-order valence-corrected chi connectivity index (χ4v) is 2.45. The van der Waals surface area contributed by atoms with Gasteiger partial charge in [-0.1, -0.05) is 56.2 Å². The van der Waals surface area contributed by atoms with Gasteiger partial charge in [-0.2, -0.15) is 0 Å². The van der Waals surface area contributed by atoms with Crippen molar-refractivity contribution in [2.45, 2.75) is 58.3 Å². The van der Waals surface area contributed by atoms with Crippen LogP contribution in [0.1, 0.15) is 51.5 Å². The van der Waals surface area contributed by atoms with Crippen LogP contribution < -0.4 is 0 Å². The maximum absolute atomic E-state index is 5.96. The van der Waals surface area contributed by atoms with Gasteiger partial charge in [0.2, 0.25) is 0 Å². The molecule has 1 aliphatic rings. The first-order valence-electron chi connectivity index (χ1n) is 7.82. The van der Waals surface area contributed by atoms with E-state index in [9.17, 15) is 0 Å². The highest BCUT2D eigenvalue weighted by Crippen LogP contribution is 2.24. The van der Waals surface area contributed by atoms with Crippen molar-refractivity contribution >= 4 is 6.08 Å². The summed E-state index contributed by atoms with van der Waals surface area (Å²) in [6.07, 6.45) is 8.11. The predicted octanol–water partition coefficient (Wildman–Crippen LogP) is 4.80. The van der Waals surface area contributed by atoms with E-state index < -0.39 is 0 Å². The van der Waals surface area contributed by atoms with Gasteiger partial charge < -0.3 is 9.47 Å². The highest BCUT2D eigenvalue weighted by Gasteiger charge is 2.23. The molecule has 0 amide bonds. The molecule has 1 aromatic rings. The zero-order valence-corrected chi connectivity index (χ0v) is 12.7. The lowest BCUT2D eigenvalue weighted by atomic mass is 10.0. The number of benzene rings is 1. The van der Waals surface area contributed by atoms with Gasteiger partial charge in [-0.05, 0) is 37.3 Å². The Morgan fingerprint density at radius 3 is 2.75 bits per heavy atom. The van der Waals surface area contributed by atoms with Gasteiger partial charge in [0.15, 0.2) is 6.29 Å². The molecule has 0 bridgehead atoms. The second-order valence-electron chi connectivity index (χ2n) is 5.53. The molecule has 2 rings (SSSR count). The zero-order chi connectivity index (χ0) is 14.2. The van der Waals surface area contributed by atoms with Crippen molar-refractivity contribution in [1.82, 2.24) is 0 Å². The fourth-order valence-electron chi connectivity index (χ4n) is 2.45. The summed E-state index contributed by atoms with van der Waals surface area (Å²) in [7, 11) is 0. The van der Waals surface area contributed by atoms with Crippen LogP contribution in [0.4, 0.5) is 0 Å². The Morgan fingerprint density at radius 2 is 2.05 bits per heavy atom. The minimum Gasteiger partial charge on any atom is -0.349 e. The number of ether oxygens (including phenoxy) is 2. The van der Waals surface area contributed by atoms with E-state index in [4.69, 9.17) is 9.47 Å². The molecule has 0 spiro atoms. The average Bonchev–Trinajstić information content (AvgIpc) is 2.47. The summed E-state index contributed by atoms with van der Waals surface area (Å²) in [6.45, 7) is 5.16. The minimum absolute atomic E-state index is 0.157. The normalized spacial score (nSPS) is 23.8. The molecule has 2 heteroatoms. The molecule has 2 nitrogen and oxygen atoms in total. The van der Waals surface area contributed by atoms with Crippen molar-refractivity contribution in [3.63, 3.8) is 0 Å². The lowest BCUT2D eigenvalue weighted by molar-refractivity contribution is -0.187. The number of unbranched alkanes of at least 4 members (excludes halogenated alkanes) is 2. The van der Waals surface area contributed by atoms with Crippen LogP contribution in [-0.4, -0.2) is 19.0 Å². The fraction of sp³-hybridized carbons (Fsp3) is 0.556. The minimum atomic E-state index is -0.157. The third-order valence-electron chi connectivity index (χ3n) is 3.67. The van der Waals surface area contributed by atoms with Crippen LogP contribution in [0.25, 0.3) is 6.08 Å². The highest BCUT2D eigenvalue weighted by molar-refractivity contribution is 5.53. The smallest absolute Gasteiger partial charge is 0.180 e. The molecular weight excluding hydrogens is 248 g/mol. The van der Waals surface area contributed by atoms with Gasteiger partial charge in [0, 0.05) is 0 Å². The van der Waals surface area contributed by atoms with Gasteiger partial charge >= 0.3 is 0 Å². The largest absolute Gasteiger partial charge is 0.349 e. The van der Waals surface area contributed by atoms with Crippen molar-refractivity contribution in [2.75, 3.05) is 6.61 Å². The van der Waals surface area contributed by atoms with Gasteiger partial charge in [-0.25, -0.2) is 0 Å². The molecule has 1 aliphatic heterocycles. The second-order valence-corrected chi connectivity index (χ2v) is 5.53. The second kappa shape index (κ2) is 8.23. The van der Waals surface area contributed by atoms with E-state index in [1.54, 1.807) is 0 Å². The maximum Gasteiger partial charge on any atom is 0.180 e. The van der Waals surface area contributed by atoms with E-state index in [0.717, 1.165) is 19.4 Å². The van der Waals surface area contributed by atoms with Gasteiger partial charge in [-0.15, -0.1) is 0 Å². The molecule has 0 saturated carbocycles. The Bertz CT molecular complexity index is 411. The molecule has 0 radical (unpaired) electrons. The summed E-state index contributed by atoms with van der Waals surface area (Å²) in [4.78, 5) is 0. The molecule has 0 aliphatic carbocycles. The molecule has 1 heterocycles. The van der Waals surface area contributed by atoms with E-state index in [0.29, 0.717) is 6.10 Å². The van der Waals surface area contributed by atoms with Crippen molar-refractivity contribution in [2.24, 2.45) is 0 Å². The Labute approximate surface area is 122 Å². The Balaban J connectivity index is 2.09. The predicted molar refractivity (Wildman–Crippen MR) is 83.5 cm³/mol. The first-order valence-corrected chi connectivity index (χ1v) is 7.82. The maximum atomic E-state index is 5.96. The molecule has 0 N–H and O–H groups in total. The molecule has 20 heavy (non-hydrogen) atoms. The number of hydrogen-bond donors (Lipinski definition) is 0. The molecule has 1 aromatic carbocycles. The van der Waals surface area contributed by atoms with Crippen LogP contribution in [0.3, 0.4) is 0 Å². The Kier molecular flexibility index (Phi) is 6.28. The monoisotopic (exact) mass is 274 g/mol. The molecule has 110 valence electrons. The van der Waals surface area contributed by atoms with Crippen LogP contribution in [0.5, 0.6) is 0 Å². The van der Waals surface area contributed by atoms with Crippen molar-refractivity contribution in [1.29, 1.82) is 0 Å². The van der Waals surface area contributed by atoms with Gasteiger partial charge in [0.1, 0.15) is 0 Å². The Hall–Kier alpha value is -1.12. The van der Waals surface area contributed by atoms with Gasteiger partial charge in [0.25, 0.3) is 0 Å². The van der Waals surface area contributed by atoms with Crippen molar-refractivity contribution in [3.8, 4) is 0 Å². The summed E-state index contributed by atoms with van der Waals surface area (Å²) < 4.78 is 11.8. The average molecular weight is 274 g/mol. The SMILES string of the molecule is CCCCC/C(=C/c1ccccc1)[C@H]1OCC[C@H](C)O1. The zero-order valence-electron chi connectivity index (χ0n) is 12.7. The molecular formula is C18H26O2. The van der Waals surface area contributed by atoms with Crippen LogP contribution in [0.2, 0.25) is 0 Å². The molecule has 1 saturated heterocycles. The first-order chi connectivity index (χ1) is 9.79. The van der Waals surface area contributed by atoms with Crippen LogP contribution >= 0.6 is 0 Å². The van der Waals surface area contributed by atoms with E-state index in [1.807, 2.05) is 6.07 Å². The summed E-state index contributed by atoms with van der Waals surface area (Å²) >= 11 is 0. The standard InChI is InChI=1S/C18H26O2/c1-3-4-6-11-17(14-16-9-7-5-8-10-16)18-19-13-12-15(2)20-18/h5,7-10,14-15,18H,3-4,6,11-13H2,1-2H3/b17-14-/t15-,18-/m0/s1. The third kappa shape index (κ3) is 4.77. The van der Waals surface area contributed by atoms with Crippen LogP contribution in [0, 0.1) is 0 Å². The summed E-state index contributed by atoms with van der Waals surface area (Å²) in [5.41, 5.74) is 2.50. The van der Waals surface area contributed by atoms with Crippen molar-refractivity contribution in [3.05, 3.63) is 41.5 Å². The third-order valence-corrected chi connectivity index (χ3v) is 3.67. The van der Waals surface area contributed by atoms with E-state index >= 15 is 0 Å². The summed E-state index contributed by atoms with van der Waals surface area (Å²) in [5, 5.41) is 0. The van der Waals surface area contributed by atoms with Crippen LogP contribution in [-0.2, 0) is 9.47 Å².